The summed E-state index contributed by atoms with van der Waals surface area (Å²) in [5.74, 6) is 1.18. The molecule has 2 aliphatic carbocycles. The highest BCUT2D eigenvalue weighted by Crippen LogP contribution is 2.38. The zero-order chi connectivity index (χ0) is 15.7. The first-order valence-corrected chi connectivity index (χ1v) is 8.15. The minimum atomic E-state index is -0.0614. The number of nitrogens with one attached hydrogen (secondary N) is 2. The number of hydrazone groups is 1. The van der Waals surface area contributed by atoms with Gasteiger partial charge >= 0.3 is 0 Å². The fraction of sp³-hybridized carbons (Fsp3) is 0.333. The van der Waals surface area contributed by atoms with Crippen LogP contribution in [0.1, 0.15) is 18.4 Å². The summed E-state index contributed by atoms with van der Waals surface area (Å²) < 4.78 is 0. The zero-order valence-electron chi connectivity index (χ0n) is 11.6. The number of thiocarbonyl (C=S) groups is 1. The van der Waals surface area contributed by atoms with Crippen molar-refractivity contribution in [3.63, 3.8) is 0 Å². The number of allylic oxidation sites excluding steroid dienone is 1. The smallest absolute Gasteiger partial charge is 0.187 e. The number of nitrogens with zero attached hydrogens (tertiary/aromatic N) is 1. The molecule has 1 aromatic carbocycles. The molecular formula is C15H15Cl2N3OS. The quantitative estimate of drug-likeness (QED) is 0.336. The molecule has 2 bridgehead atoms. The lowest BCUT2D eigenvalue weighted by molar-refractivity contribution is 0.474. The molecule has 0 amide bonds. The zero-order valence-corrected chi connectivity index (χ0v) is 13.9. The first-order chi connectivity index (χ1) is 10.5. The summed E-state index contributed by atoms with van der Waals surface area (Å²) in [5, 5.41) is 18.2. The maximum absolute atomic E-state index is 9.82. The number of phenols is 1. The molecule has 0 aliphatic heterocycles. The SMILES string of the molecule is Oc1c(Cl)cc(Cl)cc1/C=N\NC(=S)N[C@@H]1C[C@H]2C=C[C@H]1C2. The van der Waals surface area contributed by atoms with Crippen molar-refractivity contribution in [2.24, 2.45) is 16.9 Å². The predicted octanol–water partition coefficient (Wildman–Crippen LogP) is 3.46. The van der Waals surface area contributed by atoms with Gasteiger partial charge < -0.3 is 10.4 Å². The Bertz CT molecular complexity index is 662. The lowest BCUT2D eigenvalue weighted by Crippen LogP contribution is -2.42. The van der Waals surface area contributed by atoms with Crippen LogP contribution in [0.15, 0.2) is 29.4 Å². The monoisotopic (exact) mass is 355 g/mol. The molecule has 3 rings (SSSR count). The predicted molar refractivity (Wildman–Crippen MR) is 93.7 cm³/mol. The van der Waals surface area contributed by atoms with Crippen LogP contribution in [0.25, 0.3) is 0 Å². The summed E-state index contributed by atoms with van der Waals surface area (Å²) in [6.45, 7) is 0. The van der Waals surface area contributed by atoms with Gasteiger partial charge in [0, 0.05) is 16.6 Å². The van der Waals surface area contributed by atoms with Crippen molar-refractivity contribution in [1.29, 1.82) is 0 Å². The Balaban J connectivity index is 1.56. The third-order valence-corrected chi connectivity index (χ3v) is 4.74. The van der Waals surface area contributed by atoms with E-state index in [4.69, 9.17) is 35.4 Å². The van der Waals surface area contributed by atoms with Gasteiger partial charge in [0.15, 0.2) is 5.11 Å². The van der Waals surface area contributed by atoms with Gasteiger partial charge in [-0.3, -0.25) is 5.43 Å². The fourth-order valence-corrected chi connectivity index (χ4v) is 3.71. The molecule has 7 heteroatoms. The second-order valence-corrected chi connectivity index (χ2v) is 6.81. The highest BCUT2D eigenvalue weighted by atomic mass is 35.5. The number of hydrogen-bond acceptors (Lipinski definition) is 3. The number of benzene rings is 1. The second-order valence-electron chi connectivity index (χ2n) is 5.56. The minimum Gasteiger partial charge on any atom is -0.506 e. The lowest BCUT2D eigenvalue weighted by Gasteiger charge is -2.20. The number of aromatic hydroxyl groups is 1. The molecule has 3 N–H and O–H groups in total. The van der Waals surface area contributed by atoms with E-state index in [1.807, 2.05) is 0 Å². The normalized spacial score (nSPS) is 25.8. The summed E-state index contributed by atoms with van der Waals surface area (Å²) in [5.41, 5.74) is 3.18. The van der Waals surface area contributed by atoms with Gasteiger partial charge in [-0.15, -0.1) is 0 Å². The van der Waals surface area contributed by atoms with Crippen LogP contribution in [-0.2, 0) is 0 Å². The number of phenolic OH excluding ortho intramolecular Hbond substituents is 1. The molecular weight excluding hydrogens is 341 g/mol. The highest BCUT2D eigenvalue weighted by Gasteiger charge is 2.35. The van der Waals surface area contributed by atoms with E-state index in [1.165, 1.54) is 18.7 Å². The van der Waals surface area contributed by atoms with E-state index in [9.17, 15) is 5.11 Å². The molecule has 1 aromatic rings. The fourth-order valence-electron chi connectivity index (χ4n) is 2.99. The Morgan fingerprint density at radius 3 is 2.82 bits per heavy atom. The molecule has 0 saturated heterocycles. The van der Waals surface area contributed by atoms with Gasteiger partial charge in [-0.05, 0) is 49.0 Å². The molecule has 2 aliphatic rings. The third kappa shape index (κ3) is 3.37. The number of fused-ring (bicyclic) bond motifs is 2. The average Bonchev–Trinajstić information content (AvgIpc) is 3.06. The average molecular weight is 356 g/mol. The highest BCUT2D eigenvalue weighted by molar-refractivity contribution is 7.80. The van der Waals surface area contributed by atoms with E-state index >= 15 is 0 Å². The van der Waals surface area contributed by atoms with Gasteiger partial charge in [-0.1, -0.05) is 35.4 Å². The van der Waals surface area contributed by atoms with Crippen LogP contribution in [0.3, 0.4) is 0 Å². The van der Waals surface area contributed by atoms with Gasteiger partial charge in [0.2, 0.25) is 0 Å². The molecule has 0 aromatic heterocycles. The lowest BCUT2D eigenvalue weighted by atomic mass is 10.0. The summed E-state index contributed by atoms with van der Waals surface area (Å²) in [6, 6.07) is 3.42. The van der Waals surface area contributed by atoms with Crippen LogP contribution in [-0.4, -0.2) is 22.5 Å². The van der Waals surface area contributed by atoms with Crippen LogP contribution < -0.4 is 10.7 Å². The molecule has 0 heterocycles. The minimum absolute atomic E-state index is 0.0614. The maximum Gasteiger partial charge on any atom is 0.187 e. The topological polar surface area (TPSA) is 56.7 Å². The van der Waals surface area contributed by atoms with Crippen molar-refractivity contribution >= 4 is 46.7 Å². The summed E-state index contributed by atoms with van der Waals surface area (Å²) in [6.07, 6.45) is 8.28. The van der Waals surface area contributed by atoms with E-state index in [1.54, 1.807) is 6.07 Å². The summed E-state index contributed by atoms with van der Waals surface area (Å²) >= 11 is 17.0. The Hall–Kier alpha value is -1.30. The summed E-state index contributed by atoms with van der Waals surface area (Å²) in [4.78, 5) is 0. The van der Waals surface area contributed by atoms with E-state index in [0.29, 0.717) is 33.6 Å². The Morgan fingerprint density at radius 2 is 2.14 bits per heavy atom. The van der Waals surface area contributed by atoms with Gasteiger partial charge in [-0.25, -0.2) is 0 Å². The van der Waals surface area contributed by atoms with Crippen molar-refractivity contribution < 1.29 is 5.11 Å². The van der Waals surface area contributed by atoms with Crippen LogP contribution in [0.4, 0.5) is 0 Å². The van der Waals surface area contributed by atoms with Gasteiger partial charge in [0.25, 0.3) is 0 Å². The van der Waals surface area contributed by atoms with E-state index in [-0.39, 0.29) is 10.8 Å². The summed E-state index contributed by atoms with van der Waals surface area (Å²) in [7, 11) is 0. The van der Waals surface area contributed by atoms with Crippen LogP contribution in [0.2, 0.25) is 10.0 Å². The van der Waals surface area contributed by atoms with Gasteiger partial charge in [0.1, 0.15) is 5.75 Å². The van der Waals surface area contributed by atoms with E-state index in [0.717, 1.165) is 6.42 Å². The maximum atomic E-state index is 9.82. The molecule has 4 nitrogen and oxygen atoms in total. The molecule has 0 spiro atoms. The van der Waals surface area contributed by atoms with Crippen molar-refractivity contribution in [3.05, 3.63) is 39.9 Å². The first kappa shape index (κ1) is 15.6. The largest absolute Gasteiger partial charge is 0.506 e. The molecule has 1 saturated carbocycles. The van der Waals surface area contributed by atoms with Crippen LogP contribution >= 0.6 is 35.4 Å². The molecule has 3 atom stereocenters. The van der Waals surface area contributed by atoms with E-state index < -0.39 is 0 Å². The number of rotatable bonds is 3. The first-order valence-electron chi connectivity index (χ1n) is 6.99. The Morgan fingerprint density at radius 1 is 1.32 bits per heavy atom. The molecule has 0 radical (unpaired) electrons. The molecule has 22 heavy (non-hydrogen) atoms. The Labute approximate surface area is 144 Å². The van der Waals surface area contributed by atoms with Gasteiger partial charge in [0.05, 0.1) is 11.2 Å². The van der Waals surface area contributed by atoms with Crippen LogP contribution in [0, 0.1) is 11.8 Å². The van der Waals surface area contributed by atoms with Gasteiger partial charge in [-0.2, -0.15) is 5.10 Å². The standard InChI is InChI=1S/C15H15Cl2N3OS/c16-11-5-10(14(21)12(17)6-11)7-18-20-15(22)19-13-4-8-1-2-9(13)3-8/h1-2,5-9,13,21H,3-4H2,(H2,19,20,22)/b18-7-/t8-,9-,13+/m0/s1. The van der Waals surface area contributed by atoms with E-state index in [2.05, 4.69) is 28.0 Å². The number of halogens is 2. The van der Waals surface area contributed by atoms with Crippen molar-refractivity contribution in [3.8, 4) is 5.75 Å². The van der Waals surface area contributed by atoms with Crippen molar-refractivity contribution in [2.75, 3.05) is 0 Å². The molecule has 0 unspecified atom stereocenters. The molecule has 1 fully saturated rings. The van der Waals surface area contributed by atoms with Crippen molar-refractivity contribution in [1.82, 2.24) is 10.7 Å². The van der Waals surface area contributed by atoms with Crippen molar-refractivity contribution in [2.45, 2.75) is 18.9 Å². The third-order valence-electron chi connectivity index (χ3n) is 4.02. The number of hydrogen-bond donors (Lipinski definition) is 3. The second kappa shape index (κ2) is 6.44. The molecule has 116 valence electrons. The van der Waals surface area contributed by atoms with Crippen LogP contribution in [0.5, 0.6) is 5.75 Å². The Kier molecular flexibility index (Phi) is 4.57.